The third kappa shape index (κ3) is 1.82. The van der Waals surface area contributed by atoms with Gasteiger partial charge in [-0.05, 0) is 0 Å². The molecule has 0 spiro atoms. The quantitative estimate of drug-likeness (QED) is 0.507. The largest absolute Gasteiger partial charge is 0.378 e. The lowest BCUT2D eigenvalue weighted by Crippen LogP contribution is -2.56. The Labute approximate surface area is 81.8 Å². The Bertz CT molecular complexity index is 144. The summed E-state index contributed by atoms with van der Waals surface area (Å²) in [4.78, 5) is 4.97. The van der Waals surface area contributed by atoms with Crippen LogP contribution in [-0.2, 0) is 4.74 Å². The van der Waals surface area contributed by atoms with Crippen molar-refractivity contribution in [3.63, 3.8) is 0 Å². The van der Waals surface area contributed by atoms with E-state index in [0.29, 0.717) is 0 Å². The van der Waals surface area contributed by atoms with E-state index in [1.165, 1.54) is 26.2 Å². The van der Waals surface area contributed by atoms with Crippen LogP contribution in [0.3, 0.4) is 0 Å². The summed E-state index contributed by atoms with van der Waals surface area (Å²) >= 11 is 3.48. The van der Waals surface area contributed by atoms with Crippen molar-refractivity contribution in [2.45, 2.75) is 6.04 Å². The van der Waals surface area contributed by atoms with Crippen LogP contribution in [0.15, 0.2) is 0 Å². The van der Waals surface area contributed by atoms with Gasteiger partial charge in [-0.25, -0.2) is 0 Å². The van der Waals surface area contributed by atoms with Crippen LogP contribution in [-0.4, -0.2) is 60.7 Å². The molecule has 0 aliphatic carbocycles. The lowest BCUT2D eigenvalue weighted by atomic mass is 10.2. The minimum Gasteiger partial charge on any atom is -0.378 e. The predicted octanol–water partition coefficient (Wildman–Crippen LogP) is 0.355. The van der Waals surface area contributed by atoms with Crippen molar-refractivity contribution < 1.29 is 4.74 Å². The molecule has 0 amide bonds. The monoisotopic (exact) mass is 234 g/mol. The molecule has 0 aromatic heterocycles. The fraction of sp³-hybridized carbons (Fsp3) is 1.00. The average molecular weight is 235 g/mol. The lowest BCUT2D eigenvalue weighted by molar-refractivity contribution is -0.0755. The van der Waals surface area contributed by atoms with E-state index in [0.717, 1.165) is 24.7 Å². The number of halogens is 1. The molecule has 0 saturated carbocycles. The zero-order valence-corrected chi connectivity index (χ0v) is 8.79. The fourth-order valence-corrected chi connectivity index (χ4v) is 2.18. The fourth-order valence-electron chi connectivity index (χ4n) is 1.68. The van der Waals surface area contributed by atoms with Gasteiger partial charge in [-0.15, -0.1) is 0 Å². The highest BCUT2D eigenvalue weighted by Crippen LogP contribution is 2.13. The Morgan fingerprint density at radius 3 is 2.25 bits per heavy atom. The van der Waals surface area contributed by atoms with Gasteiger partial charge in [-0.2, -0.15) is 0 Å². The zero-order valence-electron chi connectivity index (χ0n) is 7.21. The van der Waals surface area contributed by atoms with Gasteiger partial charge in [0.05, 0.1) is 24.7 Å². The first-order chi connectivity index (χ1) is 5.90. The van der Waals surface area contributed by atoms with E-state index in [9.17, 15) is 0 Å². The SMILES string of the molecule is BrCN1CCN(C2COC2)CC1. The Balaban J connectivity index is 1.74. The van der Waals surface area contributed by atoms with Gasteiger partial charge in [-0.3, -0.25) is 9.80 Å². The molecule has 2 aliphatic heterocycles. The molecule has 12 heavy (non-hydrogen) atoms. The average Bonchev–Trinajstić information content (AvgIpc) is 2.03. The molecule has 2 rings (SSSR count). The van der Waals surface area contributed by atoms with Crippen molar-refractivity contribution >= 4 is 15.9 Å². The van der Waals surface area contributed by atoms with E-state index < -0.39 is 0 Å². The Morgan fingerprint density at radius 2 is 1.83 bits per heavy atom. The topological polar surface area (TPSA) is 15.7 Å². The number of piperazine rings is 1. The maximum atomic E-state index is 5.18. The Hall–Kier alpha value is 0.360. The molecule has 2 aliphatic rings. The molecule has 2 fully saturated rings. The lowest BCUT2D eigenvalue weighted by Gasteiger charge is -2.42. The molecule has 2 heterocycles. The van der Waals surface area contributed by atoms with Gasteiger partial charge < -0.3 is 4.74 Å². The van der Waals surface area contributed by atoms with Gasteiger partial charge in [-0.1, -0.05) is 15.9 Å². The van der Waals surface area contributed by atoms with Gasteiger partial charge in [0.15, 0.2) is 0 Å². The van der Waals surface area contributed by atoms with Crippen molar-refractivity contribution in [2.24, 2.45) is 0 Å². The predicted molar refractivity (Wildman–Crippen MR) is 51.5 cm³/mol. The number of hydrogen-bond donors (Lipinski definition) is 0. The molecule has 0 atom stereocenters. The Kier molecular flexibility index (Phi) is 3.01. The van der Waals surface area contributed by atoms with Crippen LogP contribution in [0.25, 0.3) is 0 Å². The second kappa shape index (κ2) is 4.05. The molecule has 0 N–H and O–H groups in total. The summed E-state index contributed by atoms with van der Waals surface area (Å²) in [6.07, 6.45) is 0. The number of ether oxygens (including phenoxy) is 1. The molecule has 0 aromatic rings. The first-order valence-corrected chi connectivity index (χ1v) is 5.62. The summed E-state index contributed by atoms with van der Waals surface area (Å²) in [5.74, 6) is 0. The van der Waals surface area contributed by atoms with E-state index in [-0.39, 0.29) is 0 Å². The number of alkyl halides is 1. The molecular formula is C8H15BrN2O. The van der Waals surface area contributed by atoms with Gasteiger partial charge in [0.1, 0.15) is 0 Å². The normalized spacial score (nSPS) is 28.8. The molecule has 0 radical (unpaired) electrons. The summed E-state index contributed by atoms with van der Waals surface area (Å²) in [7, 11) is 0. The first kappa shape index (κ1) is 8.94. The van der Waals surface area contributed by atoms with Crippen molar-refractivity contribution in [1.29, 1.82) is 0 Å². The smallest absolute Gasteiger partial charge is 0.0645 e. The third-order valence-corrected chi connectivity index (χ3v) is 3.42. The number of hydrogen-bond acceptors (Lipinski definition) is 3. The highest BCUT2D eigenvalue weighted by molar-refractivity contribution is 9.09. The number of nitrogens with zero attached hydrogens (tertiary/aromatic N) is 2. The minimum absolute atomic E-state index is 0.725. The Morgan fingerprint density at radius 1 is 1.17 bits per heavy atom. The van der Waals surface area contributed by atoms with Crippen LogP contribution < -0.4 is 0 Å². The van der Waals surface area contributed by atoms with Crippen LogP contribution >= 0.6 is 15.9 Å². The third-order valence-electron chi connectivity index (χ3n) is 2.71. The standard InChI is InChI=1S/C8H15BrN2O/c9-7-10-1-3-11(4-2-10)8-5-12-6-8/h8H,1-7H2. The molecule has 0 unspecified atom stereocenters. The van der Waals surface area contributed by atoms with Gasteiger partial charge in [0.25, 0.3) is 0 Å². The van der Waals surface area contributed by atoms with Crippen LogP contribution in [0.4, 0.5) is 0 Å². The zero-order chi connectivity index (χ0) is 8.39. The molecule has 0 bridgehead atoms. The van der Waals surface area contributed by atoms with Crippen LogP contribution in [0.1, 0.15) is 0 Å². The van der Waals surface area contributed by atoms with Crippen LogP contribution in [0, 0.1) is 0 Å². The van der Waals surface area contributed by atoms with Crippen LogP contribution in [0.5, 0.6) is 0 Å². The summed E-state index contributed by atoms with van der Waals surface area (Å²) in [5, 5.41) is 0. The second-order valence-corrected chi connectivity index (χ2v) is 3.97. The summed E-state index contributed by atoms with van der Waals surface area (Å²) < 4.78 is 5.18. The van der Waals surface area contributed by atoms with E-state index in [4.69, 9.17) is 4.74 Å². The van der Waals surface area contributed by atoms with Crippen molar-refractivity contribution in [3.05, 3.63) is 0 Å². The summed E-state index contributed by atoms with van der Waals surface area (Å²) in [5.41, 5.74) is 1.02. The van der Waals surface area contributed by atoms with Gasteiger partial charge >= 0.3 is 0 Å². The maximum Gasteiger partial charge on any atom is 0.0645 e. The van der Waals surface area contributed by atoms with Crippen molar-refractivity contribution in [3.8, 4) is 0 Å². The van der Waals surface area contributed by atoms with E-state index in [1.807, 2.05) is 0 Å². The number of rotatable bonds is 2. The van der Waals surface area contributed by atoms with Gasteiger partial charge in [0, 0.05) is 26.2 Å². The maximum absolute atomic E-state index is 5.18. The van der Waals surface area contributed by atoms with Crippen molar-refractivity contribution in [1.82, 2.24) is 9.80 Å². The van der Waals surface area contributed by atoms with Crippen molar-refractivity contribution in [2.75, 3.05) is 44.8 Å². The molecule has 3 nitrogen and oxygen atoms in total. The first-order valence-electron chi connectivity index (χ1n) is 4.50. The van der Waals surface area contributed by atoms with Gasteiger partial charge in [0.2, 0.25) is 0 Å². The minimum atomic E-state index is 0.725. The second-order valence-electron chi connectivity index (χ2n) is 3.46. The highest BCUT2D eigenvalue weighted by atomic mass is 79.9. The van der Waals surface area contributed by atoms with E-state index in [2.05, 4.69) is 25.7 Å². The highest BCUT2D eigenvalue weighted by Gasteiger charge is 2.28. The molecule has 2 saturated heterocycles. The summed E-state index contributed by atoms with van der Waals surface area (Å²) in [6, 6.07) is 0.725. The van der Waals surface area contributed by atoms with E-state index >= 15 is 0 Å². The van der Waals surface area contributed by atoms with Crippen LogP contribution in [0.2, 0.25) is 0 Å². The molecule has 4 heteroatoms. The molecular weight excluding hydrogens is 220 g/mol. The summed E-state index contributed by atoms with van der Waals surface area (Å²) in [6.45, 7) is 6.71. The molecule has 70 valence electrons. The molecule has 0 aromatic carbocycles. The van der Waals surface area contributed by atoms with E-state index in [1.54, 1.807) is 0 Å².